The molecule has 1 aliphatic heterocycles. The van der Waals surface area contributed by atoms with Crippen molar-refractivity contribution >= 4 is 12.3 Å². The van der Waals surface area contributed by atoms with E-state index in [9.17, 15) is 4.91 Å². The molecule has 0 aromatic heterocycles. The van der Waals surface area contributed by atoms with Crippen molar-refractivity contribution in [3.05, 3.63) is 28.7 Å². The summed E-state index contributed by atoms with van der Waals surface area (Å²) in [5.74, 6) is 0.781. The van der Waals surface area contributed by atoms with Crippen molar-refractivity contribution in [1.29, 1.82) is 0 Å². The summed E-state index contributed by atoms with van der Waals surface area (Å²) < 4.78 is 5.11. The number of methoxy groups -OCH3 is 1. The van der Waals surface area contributed by atoms with Crippen LogP contribution >= 0.6 is 0 Å². The van der Waals surface area contributed by atoms with Crippen LogP contribution in [0.4, 0.5) is 0 Å². The fourth-order valence-electron chi connectivity index (χ4n) is 1.59. The Kier molecular flexibility index (Phi) is 3.65. The van der Waals surface area contributed by atoms with Gasteiger partial charge in [0, 0.05) is 0 Å². The molecule has 4 nitrogen and oxygen atoms in total. The van der Waals surface area contributed by atoms with Crippen molar-refractivity contribution in [2.45, 2.75) is 6.32 Å². The Balaban J connectivity index is 0.000000461. The van der Waals surface area contributed by atoms with E-state index < -0.39 is 0 Å². The van der Waals surface area contributed by atoms with Crippen LogP contribution in [0.1, 0.15) is 5.56 Å². The van der Waals surface area contributed by atoms with Crippen LogP contribution < -0.4 is 15.9 Å². The molecule has 0 amide bonds. The molecular weight excluding hydrogens is 179 g/mol. The normalized spacial score (nSPS) is 11.8. The van der Waals surface area contributed by atoms with Crippen molar-refractivity contribution in [2.75, 3.05) is 14.2 Å². The largest absolute Gasteiger partial charge is 0.497 e. The Morgan fingerprint density at radius 2 is 2.21 bits per heavy atom. The molecular formula is C9H13BN2O2. The van der Waals surface area contributed by atoms with Crippen LogP contribution in [0.3, 0.4) is 0 Å². The van der Waals surface area contributed by atoms with Gasteiger partial charge in [-0.3, -0.25) is 0 Å². The minimum Gasteiger partial charge on any atom is -0.497 e. The first-order valence-electron chi connectivity index (χ1n) is 4.42. The molecule has 0 saturated heterocycles. The molecule has 0 saturated carbocycles. The van der Waals surface area contributed by atoms with Crippen LogP contribution in [-0.4, -0.2) is 21.0 Å². The van der Waals surface area contributed by atoms with E-state index in [0.717, 1.165) is 17.5 Å². The van der Waals surface area contributed by atoms with Crippen molar-refractivity contribution in [1.82, 2.24) is 0 Å². The number of nitrogens with two attached hydrogens (primary N) is 1. The first-order valence-corrected chi connectivity index (χ1v) is 4.42. The third-order valence-electron chi connectivity index (χ3n) is 2.25. The lowest BCUT2D eigenvalue weighted by molar-refractivity contribution is 0.417. The SMILES string of the molecule is CN.COc1cccc2c1B(N=O)C2. The van der Waals surface area contributed by atoms with Crippen LogP contribution in [-0.2, 0) is 6.32 Å². The van der Waals surface area contributed by atoms with E-state index in [1.165, 1.54) is 12.6 Å². The lowest BCUT2D eigenvalue weighted by Gasteiger charge is -2.23. The van der Waals surface area contributed by atoms with Gasteiger partial charge in [-0.1, -0.05) is 17.7 Å². The summed E-state index contributed by atoms with van der Waals surface area (Å²) in [6, 6.07) is 5.79. The Morgan fingerprint density at radius 1 is 1.50 bits per heavy atom. The molecule has 0 atom stereocenters. The molecule has 1 aromatic carbocycles. The number of rotatable bonds is 2. The van der Waals surface area contributed by atoms with Crippen LogP contribution in [0.15, 0.2) is 23.3 Å². The van der Waals surface area contributed by atoms with Crippen LogP contribution in [0.2, 0.25) is 0 Å². The van der Waals surface area contributed by atoms with E-state index in [1.807, 2.05) is 18.2 Å². The molecule has 0 unspecified atom stereocenters. The van der Waals surface area contributed by atoms with Gasteiger partial charge >= 0.3 is 6.85 Å². The number of ether oxygens (including phenoxy) is 1. The van der Waals surface area contributed by atoms with E-state index in [2.05, 4.69) is 10.8 Å². The zero-order valence-electron chi connectivity index (χ0n) is 8.36. The number of nitroso groups, excluding NO2 is 1. The van der Waals surface area contributed by atoms with Gasteiger partial charge in [-0.25, -0.2) is 0 Å². The number of nitrogens with zero attached hydrogens (tertiary/aromatic N) is 1. The Labute approximate surface area is 83.5 Å². The zero-order chi connectivity index (χ0) is 10.6. The highest BCUT2D eigenvalue weighted by Gasteiger charge is 2.35. The van der Waals surface area contributed by atoms with Crippen molar-refractivity contribution in [3.63, 3.8) is 0 Å². The molecule has 0 fully saturated rings. The second-order valence-electron chi connectivity index (χ2n) is 2.86. The summed E-state index contributed by atoms with van der Waals surface area (Å²) in [5, 5.41) is 3.01. The highest BCUT2D eigenvalue weighted by molar-refractivity contribution is 6.76. The molecule has 2 N–H and O–H groups in total. The van der Waals surface area contributed by atoms with E-state index in [0.29, 0.717) is 0 Å². The molecule has 1 aliphatic rings. The van der Waals surface area contributed by atoms with Gasteiger partial charge in [0.25, 0.3) is 0 Å². The second kappa shape index (κ2) is 4.76. The molecule has 0 aliphatic carbocycles. The van der Waals surface area contributed by atoms with Crippen LogP contribution in [0, 0.1) is 4.91 Å². The third kappa shape index (κ3) is 1.63. The van der Waals surface area contributed by atoms with Gasteiger partial charge in [0.1, 0.15) is 5.75 Å². The van der Waals surface area contributed by atoms with Crippen molar-refractivity contribution < 1.29 is 4.74 Å². The maximum Gasteiger partial charge on any atom is 0.378 e. The predicted octanol–water partition coefficient (Wildman–Crippen LogP) is 0.330. The summed E-state index contributed by atoms with van der Waals surface area (Å²) in [6.45, 7) is -0.184. The molecule has 0 bridgehead atoms. The molecule has 0 radical (unpaired) electrons. The van der Waals surface area contributed by atoms with Crippen LogP contribution in [0.25, 0.3) is 0 Å². The number of benzene rings is 1. The van der Waals surface area contributed by atoms with Gasteiger partial charge in [-0.2, -0.15) is 4.91 Å². The zero-order valence-corrected chi connectivity index (χ0v) is 8.36. The number of hydrogen-bond donors (Lipinski definition) is 1. The van der Waals surface area contributed by atoms with Gasteiger partial charge in [0.05, 0.1) is 7.11 Å². The van der Waals surface area contributed by atoms with E-state index in [4.69, 9.17) is 4.74 Å². The van der Waals surface area contributed by atoms with Gasteiger partial charge in [0.15, 0.2) is 0 Å². The fourth-order valence-corrected chi connectivity index (χ4v) is 1.59. The van der Waals surface area contributed by atoms with E-state index in [-0.39, 0.29) is 6.85 Å². The highest BCUT2D eigenvalue weighted by atomic mass is 16.5. The summed E-state index contributed by atoms with van der Waals surface area (Å²) in [4.78, 5) is 10.3. The van der Waals surface area contributed by atoms with E-state index >= 15 is 0 Å². The summed E-state index contributed by atoms with van der Waals surface area (Å²) in [6.07, 6.45) is 0.760. The first-order chi connectivity index (χ1) is 6.86. The number of fused-ring (bicyclic) bond motifs is 1. The highest BCUT2D eigenvalue weighted by Crippen LogP contribution is 2.21. The van der Waals surface area contributed by atoms with Gasteiger partial charge < -0.3 is 10.5 Å². The topological polar surface area (TPSA) is 64.7 Å². The predicted molar refractivity (Wildman–Crippen MR) is 58.0 cm³/mol. The third-order valence-corrected chi connectivity index (χ3v) is 2.25. The molecule has 5 heteroatoms. The second-order valence-corrected chi connectivity index (χ2v) is 2.86. The summed E-state index contributed by atoms with van der Waals surface area (Å²) in [7, 11) is 3.11. The Bertz CT molecular complexity index is 331. The van der Waals surface area contributed by atoms with Gasteiger partial charge in [-0.05, 0) is 24.9 Å². The average Bonchev–Trinajstić information content (AvgIpc) is 2.22. The monoisotopic (exact) mass is 192 g/mol. The fraction of sp³-hybridized carbons (Fsp3) is 0.333. The molecule has 0 spiro atoms. The van der Waals surface area contributed by atoms with Crippen molar-refractivity contribution in [2.24, 2.45) is 10.8 Å². The molecule has 1 heterocycles. The molecule has 2 rings (SSSR count). The minimum atomic E-state index is -0.184. The Morgan fingerprint density at radius 3 is 2.79 bits per heavy atom. The smallest absolute Gasteiger partial charge is 0.378 e. The maximum absolute atomic E-state index is 10.3. The minimum absolute atomic E-state index is 0.184. The van der Waals surface area contributed by atoms with Crippen molar-refractivity contribution in [3.8, 4) is 5.75 Å². The summed E-state index contributed by atoms with van der Waals surface area (Å²) >= 11 is 0. The first kappa shape index (κ1) is 10.7. The molecule has 14 heavy (non-hydrogen) atoms. The standard InChI is InChI=1S/C8H8BNO2.CH5N/c1-12-7-4-2-3-6-5-9(10-11)8(6)7;1-2/h2-4H,5H2,1H3;2H2,1H3. The average molecular weight is 192 g/mol. The summed E-state index contributed by atoms with van der Waals surface area (Å²) in [5.41, 5.74) is 6.65. The van der Waals surface area contributed by atoms with Gasteiger partial charge in [0.2, 0.25) is 0 Å². The number of hydrogen-bond acceptors (Lipinski definition) is 4. The quantitative estimate of drug-likeness (QED) is 0.542. The Hall–Kier alpha value is -1.36. The van der Waals surface area contributed by atoms with E-state index in [1.54, 1.807) is 7.11 Å². The lowest BCUT2D eigenvalue weighted by atomic mass is 9.42. The van der Waals surface area contributed by atoms with Crippen LogP contribution in [0.5, 0.6) is 5.75 Å². The van der Waals surface area contributed by atoms with Gasteiger partial charge in [-0.15, -0.1) is 5.09 Å². The maximum atomic E-state index is 10.3. The molecule has 1 aromatic rings. The lowest BCUT2D eigenvalue weighted by Crippen LogP contribution is -2.45. The molecule has 74 valence electrons.